The summed E-state index contributed by atoms with van der Waals surface area (Å²) in [7, 11) is 0. The van der Waals surface area contributed by atoms with E-state index in [9.17, 15) is 9.59 Å². The highest BCUT2D eigenvalue weighted by atomic mass is 16.2. The maximum Gasteiger partial charge on any atom is 0.239 e. The van der Waals surface area contributed by atoms with Crippen LogP contribution in [0.15, 0.2) is 18.3 Å². The zero-order chi connectivity index (χ0) is 15.8. The standard InChI is InChI=1S/C17H22N4O2/c22-16-10-21(6-5-18-16)15-4-3-13(9-19-15)20-17(23)14-8-11-1-2-12(14)7-11/h3-4,9,11-12,14H,1-2,5-8,10H2,(H,18,22)(H,20,23)/t11-,12-,14+/m0/s1. The Morgan fingerprint density at radius 1 is 1.30 bits per heavy atom. The van der Waals surface area contributed by atoms with Gasteiger partial charge in [-0.15, -0.1) is 0 Å². The molecule has 23 heavy (non-hydrogen) atoms. The van der Waals surface area contributed by atoms with Crippen molar-refractivity contribution in [3.8, 4) is 0 Å². The summed E-state index contributed by atoms with van der Waals surface area (Å²) in [4.78, 5) is 30.2. The molecule has 2 N–H and O–H groups in total. The van der Waals surface area contributed by atoms with E-state index in [1.807, 2.05) is 17.0 Å². The first kappa shape index (κ1) is 14.5. The third-order valence-electron chi connectivity index (χ3n) is 5.45. The molecule has 1 aliphatic heterocycles. The number of anilines is 2. The van der Waals surface area contributed by atoms with Gasteiger partial charge in [-0.25, -0.2) is 4.98 Å². The van der Waals surface area contributed by atoms with Gasteiger partial charge in [-0.3, -0.25) is 9.59 Å². The van der Waals surface area contributed by atoms with Crippen LogP contribution in [0.2, 0.25) is 0 Å². The van der Waals surface area contributed by atoms with E-state index < -0.39 is 0 Å². The van der Waals surface area contributed by atoms with Crippen molar-refractivity contribution in [2.75, 3.05) is 29.9 Å². The molecule has 1 aromatic rings. The number of carbonyl (C=O) groups is 2. The Balaban J connectivity index is 1.38. The highest BCUT2D eigenvalue weighted by Gasteiger charge is 2.43. The molecule has 2 aliphatic carbocycles. The first-order chi connectivity index (χ1) is 11.2. The molecule has 1 aromatic heterocycles. The van der Waals surface area contributed by atoms with Gasteiger partial charge in [-0.2, -0.15) is 0 Å². The minimum absolute atomic E-state index is 0.0201. The summed E-state index contributed by atoms with van der Waals surface area (Å²) in [5.41, 5.74) is 0.739. The minimum Gasteiger partial charge on any atom is -0.353 e. The minimum atomic E-state index is 0.0201. The van der Waals surface area contributed by atoms with Crippen molar-refractivity contribution in [1.29, 1.82) is 0 Å². The van der Waals surface area contributed by atoms with E-state index >= 15 is 0 Å². The summed E-state index contributed by atoms with van der Waals surface area (Å²) in [6, 6.07) is 3.75. The molecule has 0 spiro atoms. The molecule has 2 saturated carbocycles. The Morgan fingerprint density at radius 2 is 2.22 bits per heavy atom. The van der Waals surface area contributed by atoms with Crippen molar-refractivity contribution < 1.29 is 9.59 Å². The Hall–Kier alpha value is -2.11. The number of amides is 2. The van der Waals surface area contributed by atoms with Gasteiger partial charge in [-0.05, 0) is 43.2 Å². The third-order valence-corrected chi connectivity index (χ3v) is 5.45. The second-order valence-electron chi connectivity index (χ2n) is 6.95. The van der Waals surface area contributed by atoms with Gasteiger partial charge < -0.3 is 15.5 Å². The summed E-state index contributed by atoms with van der Waals surface area (Å²) < 4.78 is 0. The molecule has 122 valence electrons. The van der Waals surface area contributed by atoms with E-state index in [4.69, 9.17) is 0 Å². The molecule has 2 bridgehead atoms. The number of piperazine rings is 1. The fourth-order valence-electron chi connectivity index (χ4n) is 4.28. The molecule has 3 aliphatic rings. The van der Waals surface area contributed by atoms with Gasteiger partial charge in [0.05, 0.1) is 18.4 Å². The highest BCUT2D eigenvalue weighted by Crippen LogP contribution is 2.48. The summed E-state index contributed by atoms with van der Waals surface area (Å²) in [5.74, 6) is 2.47. The Bertz CT molecular complexity index is 616. The van der Waals surface area contributed by atoms with Crippen LogP contribution in [-0.4, -0.2) is 36.4 Å². The topological polar surface area (TPSA) is 74.3 Å². The number of nitrogens with one attached hydrogen (secondary N) is 2. The lowest BCUT2D eigenvalue weighted by atomic mass is 9.88. The molecule has 6 nitrogen and oxygen atoms in total. The maximum absolute atomic E-state index is 12.4. The van der Waals surface area contributed by atoms with Crippen LogP contribution in [0, 0.1) is 17.8 Å². The molecule has 0 aromatic carbocycles. The van der Waals surface area contributed by atoms with Gasteiger partial charge in [0, 0.05) is 19.0 Å². The van der Waals surface area contributed by atoms with Crippen LogP contribution < -0.4 is 15.5 Å². The van der Waals surface area contributed by atoms with Crippen molar-refractivity contribution in [3.05, 3.63) is 18.3 Å². The van der Waals surface area contributed by atoms with Crippen LogP contribution in [0.5, 0.6) is 0 Å². The number of carbonyl (C=O) groups excluding carboxylic acids is 2. The van der Waals surface area contributed by atoms with Crippen LogP contribution in [0.25, 0.3) is 0 Å². The Morgan fingerprint density at radius 3 is 2.87 bits per heavy atom. The predicted octanol–water partition coefficient (Wildman–Crippen LogP) is 1.39. The van der Waals surface area contributed by atoms with Gasteiger partial charge in [0.15, 0.2) is 0 Å². The van der Waals surface area contributed by atoms with E-state index in [1.54, 1.807) is 6.20 Å². The monoisotopic (exact) mass is 314 g/mol. The zero-order valence-corrected chi connectivity index (χ0v) is 13.1. The molecule has 3 atom stereocenters. The van der Waals surface area contributed by atoms with Crippen LogP contribution >= 0.6 is 0 Å². The lowest BCUT2D eigenvalue weighted by Gasteiger charge is -2.27. The van der Waals surface area contributed by atoms with Crippen molar-refractivity contribution in [3.63, 3.8) is 0 Å². The van der Waals surface area contributed by atoms with Crippen LogP contribution in [-0.2, 0) is 9.59 Å². The summed E-state index contributed by atoms with van der Waals surface area (Å²) in [5, 5.41) is 5.81. The first-order valence-electron chi connectivity index (χ1n) is 8.47. The average molecular weight is 314 g/mol. The second-order valence-corrected chi connectivity index (χ2v) is 6.95. The SMILES string of the molecule is O=C1CN(c2ccc(NC(=O)[C@@H]3C[C@H]4CC[C@H]3C4)cn2)CCN1. The number of fused-ring (bicyclic) bond motifs is 2. The fraction of sp³-hybridized carbons (Fsp3) is 0.588. The maximum atomic E-state index is 12.4. The van der Waals surface area contributed by atoms with Gasteiger partial charge in [0.2, 0.25) is 11.8 Å². The molecule has 0 radical (unpaired) electrons. The number of nitrogens with zero attached hydrogens (tertiary/aromatic N) is 2. The summed E-state index contributed by atoms with van der Waals surface area (Å²) in [6.07, 6.45) is 6.47. The number of pyridine rings is 1. The fourth-order valence-corrected chi connectivity index (χ4v) is 4.28. The molecule has 2 amide bonds. The van der Waals surface area contributed by atoms with Crippen molar-refractivity contribution in [1.82, 2.24) is 10.3 Å². The normalized spacial score (nSPS) is 29.5. The summed E-state index contributed by atoms with van der Waals surface area (Å²) >= 11 is 0. The highest BCUT2D eigenvalue weighted by molar-refractivity contribution is 5.93. The van der Waals surface area contributed by atoms with E-state index in [0.717, 1.165) is 30.4 Å². The molecule has 4 rings (SSSR count). The second kappa shape index (κ2) is 5.83. The van der Waals surface area contributed by atoms with Gasteiger partial charge >= 0.3 is 0 Å². The van der Waals surface area contributed by atoms with Crippen LogP contribution in [0.4, 0.5) is 11.5 Å². The Labute approximate surface area is 135 Å². The third kappa shape index (κ3) is 2.90. The largest absolute Gasteiger partial charge is 0.353 e. The van der Waals surface area contributed by atoms with E-state index in [1.165, 1.54) is 19.3 Å². The Kier molecular flexibility index (Phi) is 3.67. The van der Waals surface area contributed by atoms with Gasteiger partial charge in [0.25, 0.3) is 0 Å². The molecular formula is C17H22N4O2. The molecule has 0 unspecified atom stereocenters. The van der Waals surface area contributed by atoms with Crippen LogP contribution in [0.1, 0.15) is 25.7 Å². The van der Waals surface area contributed by atoms with Gasteiger partial charge in [-0.1, -0.05) is 6.42 Å². The van der Waals surface area contributed by atoms with Crippen molar-refractivity contribution in [2.45, 2.75) is 25.7 Å². The summed E-state index contributed by atoms with van der Waals surface area (Å²) in [6.45, 7) is 1.74. The average Bonchev–Trinajstić information content (AvgIpc) is 3.19. The zero-order valence-electron chi connectivity index (χ0n) is 13.1. The lowest BCUT2D eigenvalue weighted by molar-refractivity contribution is -0.121. The van der Waals surface area contributed by atoms with E-state index in [2.05, 4.69) is 15.6 Å². The number of aromatic nitrogens is 1. The van der Waals surface area contributed by atoms with Crippen LogP contribution in [0.3, 0.4) is 0 Å². The van der Waals surface area contributed by atoms with Crippen molar-refractivity contribution in [2.24, 2.45) is 17.8 Å². The quantitative estimate of drug-likeness (QED) is 0.884. The van der Waals surface area contributed by atoms with E-state index in [-0.39, 0.29) is 17.7 Å². The van der Waals surface area contributed by atoms with Crippen molar-refractivity contribution >= 4 is 23.3 Å². The predicted molar refractivity (Wildman–Crippen MR) is 87.0 cm³/mol. The first-order valence-corrected chi connectivity index (χ1v) is 8.47. The number of hydrogen-bond acceptors (Lipinski definition) is 4. The lowest BCUT2D eigenvalue weighted by Crippen LogP contribution is -2.48. The molecule has 3 fully saturated rings. The number of rotatable bonds is 3. The molecule has 2 heterocycles. The molecule has 1 saturated heterocycles. The smallest absolute Gasteiger partial charge is 0.239 e. The number of hydrogen-bond donors (Lipinski definition) is 2. The molecular weight excluding hydrogens is 292 g/mol. The van der Waals surface area contributed by atoms with Gasteiger partial charge in [0.1, 0.15) is 5.82 Å². The molecule has 6 heteroatoms. The van der Waals surface area contributed by atoms with E-state index in [0.29, 0.717) is 19.0 Å².